The van der Waals surface area contributed by atoms with Crippen molar-refractivity contribution in [2.45, 2.75) is 0 Å². The third-order valence-corrected chi connectivity index (χ3v) is 10.1. The largest absolute Gasteiger partial charge is 0.456 e. The minimum Gasteiger partial charge on any atom is -0.456 e. The van der Waals surface area contributed by atoms with Crippen molar-refractivity contribution >= 4 is 82.8 Å². The molecule has 0 amide bonds. The lowest BCUT2D eigenvalue weighted by Crippen LogP contribution is -2.09. The summed E-state index contributed by atoms with van der Waals surface area (Å²) in [5.41, 5.74) is 11.2. The minimum atomic E-state index is 0.591. The van der Waals surface area contributed by atoms with E-state index in [4.69, 9.17) is 18.2 Å². The summed E-state index contributed by atoms with van der Waals surface area (Å²) in [5.74, 6) is 0.591. The number of rotatable bonds is 5. The Labute approximate surface area is 297 Å². The van der Waals surface area contributed by atoms with Crippen molar-refractivity contribution < 1.29 is 13.3 Å². The summed E-state index contributed by atoms with van der Waals surface area (Å²) in [7, 11) is 0. The maximum atomic E-state index is 6.40. The lowest BCUT2D eigenvalue weighted by molar-refractivity contribution is 0.620. The average molecular weight is 669 g/mol. The van der Waals surface area contributed by atoms with Crippen LogP contribution in [0, 0.1) is 0 Å². The molecule has 11 rings (SSSR count). The predicted molar refractivity (Wildman–Crippen MR) is 212 cm³/mol. The van der Waals surface area contributed by atoms with Crippen molar-refractivity contribution in [1.82, 2.24) is 4.98 Å². The van der Waals surface area contributed by atoms with Crippen LogP contribution in [-0.2, 0) is 0 Å². The number of aromatic nitrogens is 1. The van der Waals surface area contributed by atoms with Gasteiger partial charge in [0.25, 0.3) is 0 Å². The van der Waals surface area contributed by atoms with Crippen molar-refractivity contribution in [3.63, 3.8) is 0 Å². The molecule has 0 bridgehead atoms. The summed E-state index contributed by atoms with van der Waals surface area (Å²) in [6.45, 7) is 0. The molecule has 11 aromatic rings. The third kappa shape index (κ3) is 4.53. The number of hydrogen-bond donors (Lipinski definition) is 0. The summed E-state index contributed by atoms with van der Waals surface area (Å²) in [5, 5.41) is 6.60. The molecule has 52 heavy (non-hydrogen) atoms. The Hall–Kier alpha value is -7.11. The van der Waals surface area contributed by atoms with Crippen LogP contribution in [0.5, 0.6) is 0 Å². The van der Waals surface area contributed by atoms with Crippen LogP contribution in [0.2, 0.25) is 0 Å². The highest BCUT2D eigenvalue weighted by Crippen LogP contribution is 2.42. The molecule has 0 fully saturated rings. The maximum absolute atomic E-state index is 6.40. The highest BCUT2D eigenvalue weighted by atomic mass is 16.4. The van der Waals surface area contributed by atoms with Gasteiger partial charge in [0.2, 0.25) is 5.89 Å². The van der Waals surface area contributed by atoms with Crippen LogP contribution in [0.15, 0.2) is 183 Å². The van der Waals surface area contributed by atoms with E-state index in [2.05, 4.69) is 120 Å². The second-order valence-corrected chi connectivity index (χ2v) is 13.2. The fraction of sp³-hybridized carbons (Fsp3) is 0. The molecule has 0 radical (unpaired) electrons. The normalized spacial score (nSPS) is 11.8. The van der Waals surface area contributed by atoms with Gasteiger partial charge in [0, 0.05) is 50.2 Å². The number of nitrogens with zero attached hydrogens (tertiary/aromatic N) is 2. The average Bonchev–Trinajstić information content (AvgIpc) is 3.90. The zero-order chi connectivity index (χ0) is 34.2. The number of fused-ring (bicyclic) bond motifs is 8. The molecule has 0 N–H and O–H groups in total. The third-order valence-electron chi connectivity index (χ3n) is 10.1. The summed E-state index contributed by atoms with van der Waals surface area (Å²) in [6, 6.07) is 58.9. The van der Waals surface area contributed by atoms with Gasteiger partial charge in [-0.15, -0.1) is 0 Å². The second kappa shape index (κ2) is 11.2. The van der Waals surface area contributed by atoms with Gasteiger partial charge >= 0.3 is 0 Å². The molecule has 0 aliphatic heterocycles. The van der Waals surface area contributed by atoms with Gasteiger partial charge in [0.1, 0.15) is 27.8 Å². The van der Waals surface area contributed by atoms with Crippen molar-refractivity contribution in [3.8, 4) is 22.6 Å². The molecule has 0 atom stereocenters. The van der Waals surface area contributed by atoms with Crippen LogP contribution >= 0.6 is 0 Å². The van der Waals surface area contributed by atoms with E-state index in [0.717, 1.165) is 77.6 Å². The summed E-state index contributed by atoms with van der Waals surface area (Å²) in [6.07, 6.45) is 0. The fourth-order valence-electron chi connectivity index (χ4n) is 7.60. The Bertz CT molecular complexity index is 3130. The standard InChI is InChI=1S/C47H28N2O3/c1-2-10-31(11-3-1)47-48-41-28-45-40(27-46(41)52-47)39-26-34(22-24-44(39)51-45)49(33-21-23-43-38(25-33)37-14-6-7-16-42(37)50-43)32-19-17-30(18-20-32)36-15-8-12-29-9-4-5-13-35(29)36/h1-28H. The number of hydrogen-bond acceptors (Lipinski definition) is 5. The van der Waals surface area contributed by atoms with Crippen LogP contribution in [-0.4, -0.2) is 4.98 Å². The molecule has 0 saturated heterocycles. The Balaban J connectivity index is 1.08. The molecule has 3 aromatic heterocycles. The molecule has 0 unspecified atom stereocenters. The topological polar surface area (TPSA) is 55.6 Å². The van der Waals surface area contributed by atoms with Gasteiger partial charge in [-0.1, -0.05) is 91.0 Å². The van der Waals surface area contributed by atoms with Crippen LogP contribution < -0.4 is 4.90 Å². The zero-order valence-corrected chi connectivity index (χ0v) is 27.8. The lowest BCUT2D eigenvalue weighted by atomic mass is 9.98. The monoisotopic (exact) mass is 668 g/mol. The van der Waals surface area contributed by atoms with Gasteiger partial charge in [-0.3, -0.25) is 0 Å². The van der Waals surface area contributed by atoms with Gasteiger partial charge in [-0.2, -0.15) is 0 Å². The van der Waals surface area contributed by atoms with E-state index >= 15 is 0 Å². The first kappa shape index (κ1) is 28.7. The van der Waals surface area contributed by atoms with E-state index in [0.29, 0.717) is 5.89 Å². The number of benzene rings is 8. The van der Waals surface area contributed by atoms with Crippen LogP contribution in [0.25, 0.3) is 88.3 Å². The molecule has 5 heteroatoms. The lowest BCUT2D eigenvalue weighted by Gasteiger charge is -2.26. The van der Waals surface area contributed by atoms with Crippen LogP contribution in [0.4, 0.5) is 17.1 Å². The van der Waals surface area contributed by atoms with Gasteiger partial charge in [-0.05, 0) is 94.7 Å². The smallest absolute Gasteiger partial charge is 0.227 e. The van der Waals surface area contributed by atoms with Crippen molar-refractivity contribution in [1.29, 1.82) is 0 Å². The molecular weight excluding hydrogens is 641 g/mol. The molecule has 0 saturated carbocycles. The van der Waals surface area contributed by atoms with Crippen molar-refractivity contribution in [2.24, 2.45) is 0 Å². The Morgan fingerprint density at radius 2 is 0.981 bits per heavy atom. The number of oxazole rings is 1. The summed E-state index contributed by atoms with van der Waals surface area (Å²) in [4.78, 5) is 7.07. The predicted octanol–water partition coefficient (Wildman–Crippen LogP) is 13.6. The van der Waals surface area contributed by atoms with E-state index in [9.17, 15) is 0 Å². The fourth-order valence-corrected chi connectivity index (χ4v) is 7.60. The first-order chi connectivity index (χ1) is 25.7. The molecular formula is C47H28N2O3. The quantitative estimate of drug-likeness (QED) is 0.183. The van der Waals surface area contributed by atoms with E-state index in [-0.39, 0.29) is 0 Å². The second-order valence-electron chi connectivity index (χ2n) is 13.2. The Morgan fingerprint density at radius 3 is 1.79 bits per heavy atom. The van der Waals surface area contributed by atoms with E-state index in [1.807, 2.05) is 54.6 Å². The molecule has 0 aliphatic rings. The number of anilines is 3. The van der Waals surface area contributed by atoms with Gasteiger partial charge in [-0.25, -0.2) is 4.98 Å². The highest BCUT2D eigenvalue weighted by molar-refractivity contribution is 6.11. The molecule has 244 valence electrons. The van der Waals surface area contributed by atoms with Crippen LogP contribution in [0.1, 0.15) is 0 Å². The van der Waals surface area contributed by atoms with Gasteiger partial charge in [0.15, 0.2) is 5.58 Å². The molecule has 3 heterocycles. The minimum absolute atomic E-state index is 0.591. The Kier molecular flexibility index (Phi) is 6.18. The number of furan rings is 2. The van der Waals surface area contributed by atoms with Gasteiger partial charge in [0.05, 0.1) is 0 Å². The SMILES string of the molecule is c1ccc(-c2nc3cc4oc5ccc(N(c6ccc(-c7cccc8ccccc78)cc6)c6ccc7oc8ccccc8c7c6)cc5c4cc3o2)cc1. The Morgan fingerprint density at radius 1 is 0.365 bits per heavy atom. The van der Waals surface area contributed by atoms with Crippen molar-refractivity contribution in [2.75, 3.05) is 4.90 Å². The first-order valence-corrected chi connectivity index (χ1v) is 17.4. The summed E-state index contributed by atoms with van der Waals surface area (Å²) < 4.78 is 18.9. The molecule has 0 aliphatic carbocycles. The zero-order valence-electron chi connectivity index (χ0n) is 27.8. The maximum Gasteiger partial charge on any atom is 0.227 e. The molecule has 0 spiro atoms. The first-order valence-electron chi connectivity index (χ1n) is 17.4. The van der Waals surface area contributed by atoms with E-state index in [1.54, 1.807) is 0 Å². The summed E-state index contributed by atoms with van der Waals surface area (Å²) >= 11 is 0. The molecule has 5 nitrogen and oxygen atoms in total. The van der Waals surface area contributed by atoms with Crippen LogP contribution in [0.3, 0.4) is 0 Å². The van der Waals surface area contributed by atoms with Gasteiger partial charge < -0.3 is 18.2 Å². The van der Waals surface area contributed by atoms with E-state index in [1.165, 1.54) is 21.9 Å². The number of para-hydroxylation sites is 1. The highest BCUT2D eigenvalue weighted by Gasteiger charge is 2.19. The molecule has 8 aromatic carbocycles. The van der Waals surface area contributed by atoms with Crippen molar-refractivity contribution in [3.05, 3.63) is 170 Å². The van der Waals surface area contributed by atoms with E-state index < -0.39 is 0 Å².